The van der Waals surface area contributed by atoms with Crippen LogP contribution >= 0.6 is 11.6 Å². The van der Waals surface area contributed by atoms with Gasteiger partial charge in [0.2, 0.25) is 0 Å². The van der Waals surface area contributed by atoms with E-state index >= 15 is 0 Å². The fraction of sp³-hybridized carbons (Fsp3) is 0.480. The molecule has 2 aliphatic rings. The van der Waals surface area contributed by atoms with Gasteiger partial charge in [-0.3, -0.25) is 4.79 Å². The van der Waals surface area contributed by atoms with Crippen molar-refractivity contribution >= 4 is 17.3 Å². The quantitative estimate of drug-likeness (QED) is 0.509. The lowest BCUT2D eigenvalue weighted by Crippen LogP contribution is -2.37. The molecule has 2 unspecified atom stereocenters. The number of imidazole rings is 1. The van der Waals surface area contributed by atoms with Gasteiger partial charge in [0.1, 0.15) is 22.7 Å². The standard InChI is InChI=1S/C25H28ClF2N5O4/c1-25(27,28)17-11-15(36-2)6-7-16(17)23(34)19-12-29-20-14-31(8-9-32(19)20)18-13-30-33(24(35)22(18)26)21-5-3-4-10-37-21/h6-7,11-13,21,23,34H,3-5,8-10,14H2,1-2H3. The van der Waals surface area contributed by atoms with Crippen LogP contribution in [0.1, 0.15) is 61.2 Å². The van der Waals surface area contributed by atoms with Crippen LogP contribution in [0.5, 0.6) is 5.75 Å². The number of alkyl halides is 2. The molecule has 1 fully saturated rings. The number of aromatic nitrogens is 4. The summed E-state index contributed by atoms with van der Waals surface area (Å²) in [5, 5.41) is 15.5. The maximum atomic E-state index is 14.4. The van der Waals surface area contributed by atoms with Crippen molar-refractivity contribution in [2.75, 3.05) is 25.2 Å². The van der Waals surface area contributed by atoms with E-state index in [4.69, 9.17) is 21.1 Å². The second-order valence-electron chi connectivity index (χ2n) is 9.33. The first kappa shape index (κ1) is 25.6. The van der Waals surface area contributed by atoms with E-state index in [1.54, 1.807) is 16.8 Å². The maximum Gasteiger partial charge on any atom is 0.290 e. The van der Waals surface area contributed by atoms with E-state index in [9.17, 15) is 18.7 Å². The van der Waals surface area contributed by atoms with Crippen molar-refractivity contribution in [3.8, 4) is 5.75 Å². The molecule has 0 amide bonds. The molecule has 0 radical (unpaired) electrons. The first-order chi connectivity index (χ1) is 17.7. The first-order valence-corrected chi connectivity index (χ1v) is 12.5. The highest BCUT2D eigenvalue weighted by atomic mass is 35.5. The summed E-state index contributed by atoms with van der Waals surface area (Å²) in [6, 6.07) is 4.23. The number of benzene rings is 1. The van der Waals surface area contributed by atoms with Crippen molar-refractivity contribution in [1.82, 2.24) is 19.3 Å². The summed E-state index contributed by atoms with van der Waals surface area (Å²) in [6.07, 6.45) is 3.92. The number of halogens is 3. The van der Waals surface area contributed by atoms with Gasteiger partial charge in [0.15, 0.2) is 6.23 Å². The molecule has 9 nitrogen and oxygen atoms in total. The van der Waals surface area contributed by atoms with Gasteiger partial charge in [0.25, 0.3) is 11.5 Å². The molecule has 0 bridgehead atoms. The van der Waals surface area contributed by atoms with Crippen LogP contribution in [0.3, 0.4) is 0 Å². The lowest BCUT2D eigenvalue weighted by molar-refractivity contribution is -0.0424. The summed E-state index contributed by atoms with van der Waals surface area (Å²) in [5.41, 5.74) is 0.244. The van der Waals surface area contributed by atoms with Crippen LogP contribution in [0, 0.1) is 0 Å². The third kappa shape index (κ3) is 4.83. The van der Waals surface area contributed by atoms with Gasteiger partial charge in [0.05, 0.1) is 37.4 Å². The molecular formula is C25H28ClF2N5O4. The van der Waals surface area contributed by atoms with E-state index in [0.29, 0.717) is 49.9 Å². The molecule has 1 aromatic carbocycles. The van der Waals surface area contributed by atoms with Crippen LogP contribution in [0.15, 0.2) is 35.4 Å². The Hall–Kier alpha value is -3.02. The first-order valence-electron chi connectivity index (χ1n) is 12.1. The molecule has 0 aliphatic carbocycles. The monoisotopic (exact) mass is 535 g/mol. The second kappa shape index (κ2) is 10.0. The third-order valence-electron chi connectivity index (χ3n) is 6.90. The normalized spacial score (nSPS) is 19.0. The molecule has 1 N–H and O–H groups in total. The maximum absolute atomic E-state index is 14.4. The summed E-state index contributed by atoms with van der Waals surface area (Å²) in [4.78, 5) is 19.2. The van der Waals surface area contributed by atoms with Gasteiger partial charge in [-0.05, 0) is 37.0 Å². The van der Waals surface area contributed by atoms with Crippen LogP contribution < -0.4 is 15.2 Å². The highest BCUT2D eigenvalue weighted by Crippen LogP contribution is 2.38. The Morgan fingerprint density at radius 2 is 2.08 bits per heavy atom. The van der Waals surface area contributed by atoms with Crippen LogP contribution in [0.2, 0.25) is 5.02 Å². The topological polar surface area (TPSA) is 94.6 Å². The van der Waals surface area contributed by atoms with E-state index in [1.807, 2.05) is 4.90 Å². The van der Waals surface area contributed by atoms with Crippen LogP contribution in [-0.2, 0) is 23.7 Å². The molecule has 5 rings (SSSR count). The van der Waals surface area contributed by atoms with Crippen molar-refractivity contribution < 1.29 is 23.4 Å². The molecule has 0 spiro atoms. The Morgan fingerprint density at radius 3 is 2.78 bits per heavy atom. The largest absolute Gasteiger partial charge is 0.497 e. The van der Waals surface area contributed by atoms with Crippen molar-refractivity contribution in [2.45, 2.75) is 57.5 Å². The Bertz CT molecular complexity index is 1350. The molecular weight excluding hydrogens is 508 g/mol. The molecule has 37 heavy (non-hydrogen) atoms. The number of nitrogens with zero attached hydrogens (tertiary/aromatic N) is 5. The summed E-state index contributed by atoms with van der Waals surface area (Å²) in [5.74, 6) is -2.30. The Kier molecular flexibility index (Phi) is 6.95. The van der Waals surface area contributed by atoms with Crippen molar-refractivity contribution in [3.63, 3.8) is 0 Å². The number of rotatable bonds is 6. The number of aliphatic hydroxyl groups excluding tert-OH is 1. The number of hydrogen-bond acceptors (Lipinski definition) is 7. The summed E-state index contributed by atoms with van der Waals surface area (Å²) >= 11 is 6.48. The smallest absolute Gasteiger partial charge is 0.290 e. The van der Waals surface area contributed by atoms with Gasteiger partial charge in [-0.15, -0.1) is 0 Å². The lowest BCUT2D eigenvalue weighted by Gasteiger charge is -2.32. The summed E-state index contributed by atoms with van der Waals surface area (Å²) in [6.45, 7) is 2.52. The molecule has 12 heteroatoms. The number of methoxy groups -OCH3 is 1. The van der Waals surface area contributed by atoms with Crippen LogP contribution in [0.25, 0.3) is 0 Å². The van der Waals surface area contributed by atoms with Crippen LogP contribution in [-0.4, -0.2) is 44.7 Å². The number of fused-ring (bicyclic) bond motifs is 1. The van der Waals surface area contributed by atoms with Gasteiger partial charge in [-0.2, -0.15) is 9.78 Å². The predicted molar refractivity (Wildman–Crippen MR) is 132 cm³/mol. The third-order valence-corrected chi connectivity index (χ3v) is 7.25. The fourth-order valence-corrected chi connectivity index (χ4v) is 5.18. The van der Waals surface area contributed by atoms with Crippen molar-refractivity contribution in [1.29, 1.82) is 0 Å². The highest BCUT2D eigenvalue weighted by molar-refractivity contribution is 6.33. The zero-order valence-corrected chi connectivity index (χ0v) is 21.3. The number of hydrogen-bond donors (Lipinski definition) is 1. The predicted octanol–water partition coefficient (Wildman–Crippen LogP) is 4.01. The highest BCUT2D eigenvalue weighted by Gasteiger charge is 2.33. The van der Waals surface area contributed by atoms with E-state index in [2.05, 4.69) is 10.1 Å². The van der Waals surface area contributed by atoms with Gasteiger partial charge in [0, 0.05) is 32.2 Å². The molecule has 2 aromatic heterocycles. The summed E-state index contributed by atoms with van der Waals surface area (Å²) < 4.78 is 42.6. The van der Waals surface area contributed by atoms with E-state index in [0.717, 1.165) is 19.8 Å². The molecule has 2 atom stereocenters. The Morgan fingerprint density at radius 1 is 1.27 bits per heavy atom. The minimum atomic E-state index is -3.18. The van der Waals surface area contributed by atoms with Crippen molar-refractivity contribution in [2.24, 2.45) is 0 Å². The molecule has 198 valence electrons. The lowest BCUT2D eigenvalue weighted by atomic mass is 9.96. The van der Waals surface area contributed by atoms with Gasteiger partial charge < -0.3 is 24.0 Å². The zero-order valence-electron chi connectivity index (χ0n) is 20.5. The van der Waals surface area contributed by atoms with Crippen LogP contribution in [0.4, 0.5) is 14.5 Å². The molecule has 3 aromatic rings. The second-order valence-corrected chi connectivity index (χ2v) is 9.71. The Balaban J connectivity index is 1.41. The zero-order chi connectivity index (χ0) is 26.3. The molecule has 4 heterocycles. The van der Waals surface area contributed by atoms with Crippen molar-refractivity contribution in [3.05, 3.63) is 68.6 Å². The van der Waals surface area contributed by atoms with E-state index in [-0.39, 0.29) is 21.9 Å². The average Bonchev–Trinajstić information content (AvgIpc) is 3.32. The molecule has 1 saturated heterocycles. The number of ether oxygens (including phenoxy) is 2. The summed E-state index contributed by atoms with van der Waals surface area (Å²) in [7, 11) is 1.40. The SMILES string of the molecule is COc1ccc(C(O)c2cnc3n2CCN(c2cnn(C4CCCCO4)c(=O)c2Cl)C3)c(C(C)(F)F)c1. The number of aliphatic hydroxyl groups is 1. The number of anilines is 1. The minimum absolute atomic E-state index is 0.0532. The Labute approximate surface area is 217 Å². The van der Waals surface area contributed by atoms with E-state index in [1.165, 1.54) is 30.1 Å². The molecule has 2 aliphatic heterocycles. The fourth-order valence-electron chi connectivity index (χ4n) is 4.93. The minimum Gasteiger partial charge on any atom is -0.497 e. The van der Waals surface area contributed by atoms with E-state index < -0.39 is 23.8 Å². The van der Waals surface area contributed by atoms with Gasteiger partial charge >= 0.3 is 0 Å². The molecule has 0 saturated carbocycles. The van der Waals surface area contributed by atoms with Gasteiger partial charge in [-0.1, -0.05) is 17.7 Å². The van der Waals surface area contributed by atoms with Gasteiger partial charge in [-0.25, -0.2) is 13.8 Å². The average molecular weight is 536 g/mol.